The molecule has 0 spiro atoms. The van der Waals surface area contributed by atoms with Crippen molar-refractivity contribution in [1.29, 1.82) is 0 Å². The molecule has 1 heterocycles. The van der Waals surface area contributed by atoms with Gasteiger partial charge in [-0.1, -0.05) is 68.2 Å². The normalized spacial score (nSPS) is 12.7. The molecule has 0 unspecified atom stereocenters. The largest absolute Gasteiger partial charge is 0.392 e. The van der Waals surface area contributed by atoms with E-state index >= 15 is 0 Å². The highest BCUT2D eigenvalue weighted by molar-refractivity contribution is 5.98. The summed E-state index contributed by atoms with van der Waals surface area (Å²) >= 11 is 0. The van der Waals surface area contributed by atoms with Crippen LogP contribution >= 0.6 is 0 Å². The number of amides is 5. The lowest BCUT2D eigenvalue weighted by Crippen LogP contribution is -2.53. The summed E-state index contributed by atoms with van der Waals surface area (Å²) in [5.74, 6) is 4.53. The zero-order valence-electron chi connectivity index (χ0n) is 34.6. The fraction of sp³-hybridized carbons (Fsp3) is 0.444. The minimum absolute atomic E-state index is 0.0448. The molecule has 2 atom stereocenters. The van der Waals surface area contributed by atoms with E-state index in [-0.39, 0.29) is 62.7 Å². The van der Waals surface area contributed by atoms with Gasteiger partial charge in [0.2, 0.25) is 29.5 Å². The Morgan fingerprint density at radius 3 is 1.93 bits per heavy atom. The lowest BCUT2D eigenvalue weighted by Gasteiger charge is -2.26. The smallest absolute Gasteiger partial charge is 0.246 e. The highest BCUT2D eigenvalue weighted by Gasteiger charge is 2.27. The molecule has 5 amide bonds. The van der Waals surface area contributed by atoms with Crippen LogP contribution in [0.1, 0.15) is 62.3 Å². The molecule has 322 valence electrons. The first-order valence-electron chi connectivity index (χ1n) is 20.2. The van der Waals surface area contributed by atoms with Crippen LogP contribution in [0.2, 0.25) is 0 Å². The fourth-order valence-corrected chi connectivity index (χ4v) is 5.93. The van der Waals surface area contributed by atoms with E-state index in [0.717, 1.165) is 22.4 Å². The Balaban J connectivity index is 0.967. The van der Waals surface area contributed by atoms with E-state index in [1.165, 1.54) is 0 Å². The van der Waals surface area contributed by atoms with Crippen LogP contribution in [0.5, 0.6) is 0 Å². The van der Waals surface area contributed by atoms with Crippen LogP contribution in [0.3, 0.4) is 0 Å². The molecule has 4 rings (SSSR count). The van der Waals surface area contributed by atoms with Gasteiger partial charge in [-0.3, -0.25) is 24.0 Å². The summed E-state index contributed by atoms with van der Waals surface area (Å²) in [6.45, 7) is 8.15. The second-order valence-electron chi connectivity index (χ2n) is 14.3. The van der Waals surface area contributed by atoms with Crippen molar-refractivity contribution in [1.82, 2.24) is 16.0 Å². The van der Waals surface area contributed by atoms with Crippen LogP contribution < -0.4 is 26.2 Å². The number of aliphatic hydroxyl groups is 1. The van der Waals surface area contributed by atoms with Gasteiger partial charge in [0, 0.05) is 42.6 Å². The minimum atomic E-state index is -0.852. The van der Waals surface area contributed by atoms with E-state index in [2.05, 4.69) is 33.1 Å². The van der Waals surface area contributed by atoms with Gasteiger partial charge in [0.25, 0.3) is 0 Å². The summed E-state index contributed by atoms with van der Waals surface area (Å²) in [6.07, 6.45) is 0.164. The number of ether oxygens (including phenoxy) is 4. The monoisotopic (exact) mass is 827 g/mol. The van der Waals surface area contributed by atoms with E-state index in [1.807, 2.05) is 48.5 Å². The summed E-state index contributed by atoms with van der Waals surface area (Å²) in [4.78, 5) is 65.5. The Hall–Kier alpha value is -5.63. The van der Waals surface area contributed by atoms with Gasteiger partial charge < -0.3 is 50.2 Å². The van der Waals surface area contributed by atoms with E-state index in [0.29, 0.717) is 64.0 Å². The van der Waals surface area contributed by atoms with Crippen LogP contribution in [0, 0.1) is 17.8 Å². The van der Waals surface area contributed by atoms with Crippen LogP contribution in [0.25, 0.3) is 0 Å². The number of carbonyl (C=O) groups is 5. The average Bonchev–Trinajstić information content (AvgIpc) is 3.24. The fourth-order valence-electron chi connectivity index (χ4n) is 5.93. The average molecular weight is 828 g/mol. The van der Waals surface area contributed by atoms with Crippen molar-refractivity contribution >= 4 is 40.9 Å². The number of benzene rings is 3. The number of nitrogens with one attached hydrogen (secondary N) is 4. The zero-order chi connectivity index (χ0) is 43.1. The third kappa shape index (κ3) is 16.2. The highest BCUT2D eigenvalue weighted by atomic mass is 16.6. The van der Waals surface area contributed by atoms with E-state index in [9.17, 15) is 29.1 Å². The van der Waals surface area contributed by atoms with Crippen molar-refractivity contribution in [2.75, 3.05) is 69.6 Å². The first kappa shape index (κ1) is 47.1. The maximum Gasteiger partial charge on any atom is 0.246 e. The van der Waals surface area contributed by atoms with Gasteiger partial charge >= 0.3 is 0 Å². The molecule has 0 fully saturated rings. The molecular weight excluding hydrogens is 771 g/mol. The van der Waals surface area contributed by atoms with Crippen molar-refractivity contribution in [2.45, 2.75) is 65.3 Å². The van der Waals surface area contributed by atoms with Gasteiger partial charge in [-0.2, -0.15) is 0 Å². The van der Waals surface area contributed by atoms with Gasteiger partial charge in [-0.25, -0.2) is 0 Å². The Kier molecular flexibility index (Phi) is 20.2. The molecule has 15 nitrogen and oxygen atoms in total. The maximum atomic E-state index is 13.3. The molecule has 0 bridgehead atoms. The number of hydrogen-bond donors (Lipinski definition) is 5. The number of rotatable bonds is 25. The molecule has 15 heteroatoms. The Labute approximate surface area is 351 Å². The number of anilines is 2. The van der Waals surface area contributed by atoms with Crippen molar-refractivity contribution < 1.29 is 48.0 Å². The summed E-state index contributed by atoms with van der Waals surface area (Å²) in [5, 5.41) is 20.1. The van der Waals surface area contributed by atoms with E-state index in [4.69, 9.17) is 18.9 Å². The van der Waals surface area contributed by atoms with Gasteiger partial charge in [-0.15, -0.1) is 0 Å². The highest BCUT2D eigenvalue weighted by Crippen LogP contribution is 2.26. The summed E-state index contributed by atoms with van der Waals surface area (Å²) < 4.78 is 22.0. The molecule has 0 radical (unpaired) electrons. The number of hydrogen-bond acceptors (Lipinski definition) is 10. The molecule has 1 aliphatic heterocycles. The first-order valence-corrected chi connectivity index (χ1v) is 20.2. The molecule has 3 aromatic carbocycles. The second-order valence-corrected chi connectivity index (χ2v) is 14.3. The molecule has 0 saturated carbocycles. The molecule has 3 aromatic rings. The predicted octanol–water partition coefficient (Wildman–Crippen LogP) is 3.06. The predicted molar refractivity (Wildman–Crippen MR) is 226 cm³/mol. The van der Waals surface area contributed by atoms with E-state index < -0.39 is 23.9 Å². The lowest BCUT2D eigenvalue weighted by atomic mass is 10.0. The Bertz CT molecular complexity index is 1930. The molecule has 0 aromatic heterocycles. The van der Waals surface area contributed by atoms with Crippen molar-refractivity contribution in [3.8, 4) is 11.8 Å². The molecule has 5 N–H and O–H groups in total. The minimum Gasteiger partial charge on any atom is -0.392 e. The molecule has 0 aliphatic carbocycles. The molecule has 1 aliphatic rings. The van der Waals surface area contributed by atoms with Crippen LogP contribution in [-0.2, 0) is 56.1 Å². The lowest BCUT2D eigenvalue weighted by molar-refractivity contribution is -0.132. The zero-order valence-corrected chi connectivity index (χ0v) is 34.6. The van der Waals surface area contributed by atoms with Gasteiger partial charge in [0.05, 0.1) is 71.7 Å². The third-order valence-corrected chi connectivity index (χ3v) is 9.32. The summed E-state index contributed by atoms with van der Waals surface area (Å²) in [6, 6.07) is 20.3. The first-order chi connectivity index (χ1) is 29.0. The van der Waals surface area contributed by atoms with Gasteiger partial charge in [0.15, 0.2) is 0 Å². The topological polar surface area (TPSA) is 194 Å². The van der Waals surface area contributed by atoms with Gasteiger partial charge in [0.1, 0.15) is 12.1 Å². The molecule has 60 heavy (non-hydrogen) atoms. The number of carbonyl (C=O) groups excluding carboxylic acids is 5. The van der Waals surface area contributed by atoms with Gasteiger partial charge in [-0.05, 0) is 54.3 Å². The number of para-hydroxylation sites is 1. The van der Waals surface area contributed by atoms with E-state index in [1.54, 1.807) is 49.9 Å². The third-order valence-electron chi connectivity index (χ3n) is 9.32. The van der Waals surface area contributed by atoms with Crippen molar-refractivity contribution in [2.24, 2.45) is 5.92 Å². The van der Waals surface area contributed by atoms with Crippen LogP contribution in [0.4, 0.5) is 11.4 Å². The van der Waals surface area contributed by atoms with Crippen molar-refractivity contribution in [3.63, 3.8) is 0 Å². The van der Waals surface area contributed by atoms with Crippen molar-refractivity contribution in [3.05, 3.63) is 95.1 Å². The SMILES string of the molecule is CC(C)[C@H](NC(=O)CCOCCOCCOCCOCCNC(=O)CCC(=O)N1Cc2ccccc2C#Cc2ccccc21)C(=O)N[C@H](C)C(=O)Nc1ccc(CO)cc1. The van der Waals surface area contributed by atoms with Crippen LogP contribution in [0.15, 0.2) is 72.8 Å². The number of aliphatic hydroxyl groups excluding tert-OH is 1. The maximum absolute atomic E-state index is 13.3. The molecular formula is C45H57N5O10. The molecule has 0 saturated heterocycles. The Morgan fingerprint density at radius 1 is 0.667 bits per heavy atom. The quantitative estimate of drug-likeness (QED) is 0.0627. The number of nitrogens with zero attached hydrogens (tertiary/aromatic N) is 1. The second kappa shape index (κ2) is 25.8. The standard InChI is InChI=1S/C45H57N5O10/c1-32(2)43(45(56)47-33(3)44(55)48-38-16-12-34(31-51)13-17-38)49-41(53)20-22-57-24-26-59-28-29-60-27-25-58-23-21-46-40(52)18-19-42(54)50-30-37-10-5-4-8-35(37)14-15-36-9-6-7-11-39(36)50/h4-13,16-17,32-33,43,51H,18-31H2,1-3H3,(H,46,52)(H,47,56)(H,48,55)(H,49,53)/t33-,43+/m1/s1. The van der Waals surface area contributed by atoms with Crippen LogP contribution in [-0.4, -0.2) is 106 Å². The number of fused-ring (bicyclic) bond motifs is 2. The summed E-state index contributed by atoms with van der Waals surface area (Å²) in [5.41, 5.74) is 4.58. The summed E-state index contributed by atoms with van der Waals surface area (Å²) in [7, 11) is 0. The Morgan fingerprint density at radius 2 is 1.27 bits per heavy atom.